The highest BCUT2D eigenvalue weighted by Gasteiger charge is 2.22. The summed E-state index contributed by atoms with van der Waals surface area (Å²) in [6.07, 6.45) is 0. The number of rotatable bonds is 6. The zero-order chi connectivity index (χ0) is 13.6. The lowest BCUT2D eigenvalue weighted by Crippen LogP contribution is -2.39. The minimum Gasteiger partial charge on any atom is -0.493 e. The summed E-state index contributed by atoms with van der Waals surface area (Å²) in [5.41, 5.74) is 0. The molecule has 0 saturated carbocycles. The fourth-order valence-corrected chi connectivity index (χ4v) is 1.41. The first-order valence-electron chi connectivity index (χ1n) is 5.68. The Morgan fingerprint density at radius 1 is 1.33 bits per heavy atom. The van der Waals surface area contributed by atoms with Gasteiger partial charge in [0.1, 0.15) is 6.61 Å². The van der Waals surface area contributed by atoms with E-state index in [1.54, 1.807) is 21.0 Å². The van der Waals surface area contributed by atoms with E-state index in [0.29, 0.717) is 24.7 Å². The monoisotopic (exact) mass is 315 g/mol. The molecule has 0 aliphatic rings. The fourth-order valence-electron chi connectivity index (χ4n) is 1.27. The van der Waals surface area contributed by atoms with E-state index in [-0.39, 0.29) is 5.91 Å². The standard InChI is InChI=1S/C13H18BrNO3/c1-13(2,14)12(16)15-8-9-18-11-7-5-4-6-10(11)17-3/h4-7H,8-9H2,1-3H3,(H,15,16). The third-order valence-corrected chi connectivity index (χ3v) is 2.61. The van der Waals surface area contributed by atoms with Gasteiger partial charge in [-0.05, 0) is 26.0 Å². The molecule has 5 heteroatoms. The highest BCUT2D eigenvalue weighted by atomic mass is 79.9. The van der Waals surface area contributed by atoms with E-state index in [9.17, 15) is 4.79 Å². The molecule has 0 bridgehead atoms. The summed E-state index contributed by atoms with van der Waals surface area (Å²) in [5, 5.41) is 2.78. The molecule has 0 unspecified atom stereocenters. The van der Waals surface area contributed by atoms with Crippen LogP contribution in [-0.2, 0) is 4.79 Å². The van der Waals surface area contributed by atoms with E-state index in [4.69, 9.17) is 9.47 Å². The molecule has 0 radical (unpaired) electrons. The predicted molar refractivity (Wildman–Crippen MR) is 74.5 cm³/mol. The second kappa shape index (κ2) is 6.64. The SMILES string of the molecule is COc1ccccc1OCCNC(=O)C(C)(C)Br. The van der Waals surface area contributed by atoms with Crippen LogP contribution in [0.2, 0.25) is 0 Å². The van der Waals surface area contributed by atoms with Crippen molar-refractivity contribution in [1.82, 2.24) is 5.32 Å². The molecule has 1 N–H and O–H groups in total. The number of para-hydroxylation sites is 2. The number of methoxy groups -OCH3 is 1. The zero-order valence-corrected chi connectivity index (χ0v) is 12.4. The number of nitrogens with one attached hydrogen (secondary N) is 1. The first-order chi connectivity index (χ1) is 8.45. The van der Waals surface area contributed by atoms with Crippen LogP contribution in [0.4, 0.5) is 0 Å². The molecule has 4 nitrogen and oxygen atoms in total. The smallest absolute Gasteiger partial charge is 0.236 e. The number of carbonyl (C=O) groups is 1. The van der Waals surface area contributed by atoms with Gasteiger partial charge in [0.15, 0.2) is 11.5 Å². The highest BCUT2D eigenvalue weighted by Crippen LogP contribution is 2.25. The summed E-state index contributed by atoms with van der Waals surface area (Å²) in [7, 11) is 1.59. The van der Waals surface area contributed by atoms with Gasteiger partial charge >= 0.3 is 0 Å². The number of hydrogen-bond donors (Lipinski definition) is 1. The van der Waals surface area contributed by atoms with Crippen LogP contribution >= 0.6 is 15.9 Å². The molecule has 0 heterocycles. The van der Waals surface area contributed by atoms with Gasteiger partial charge in [0, 0.05) is 0 Å². The third-order valence-electron chi connectivity index (χ3n) is 2.25. The normalized spacial score (nSPS) is 10.9. The van der Waals surface area contributed by atoms with Crippen molar-refractivity contribution in [3.05, 3.63) is 24.3 Å². The van der Waals surface area contributed by atoms with Gasteiger partial charge in [0.2, 0.25) is 5.91 Å². The molecule has 100 valence electrons. The lowest BCUT2D eigenvalue weighted by atomic mass is 10.2. The summed E-state index contributed by atoms with van der Waals surface area (Å²) in [6.45, 7) is 4.44. The Hall–Kier alpha value is -1.23. The molecule has 0 aliphatic carbocycles. The first kappa shape index (κ1) is 14.8. The number of ether oxygens (including phenoxy) is 2. The topological polar surface area (TPSA) is 47.6 Å². The summed E-state index contributed by atoms with van der Waals surface area (Å²) in [5.74, 6) is 1.29. The van der Waals surface area contributed by atoms with Crippen LogP contribution in [-0.4, -0.2) is 30.5 Å². The van der Waals surface area contributed by atoms with Crippen molar-refractivity contribution in [2.45, 2.75) is 18.2 Å². The molecule has 0 saturated heterocycles. The predicted octanol–water partition coefficient (Wildman–Crippen LogP) is 2.36. The number of hydrogen-bond acceptors (Lipinski definition) is 3. The molecular formula is C13H18BrNO3. The lowest BCUT2D eigenvalue weighted by molar-refractivity contribution is -0.122. The van der Waals surface area contributed by atoms with Gasteiger partial charge in [0.05, 0.1) is 18.0 Å². The van der Waals surface area contributed by atoms with Gasteiger partial charge in [-0.1, -0.05) is 28.1 Å². The largest absolute Gasteiger partial charge is 0.493 e. The molecule has 0 fully saturated rings. The molecule has 0 atom stereocenters. The average molecular weight is 316 g/mol. The Morgan fingerprint density at radius 3 is 2.50 bits per heavy atom. The van der Waals surface area contributed by atoms with Gasteiger partial charge in [-0.3, -0.25) is 4.79 Å². The number of carbonyl (C=O) groups excluding carboxylic acids is 1. The van der Waals surface area contributed by atoms with Crippen molar-refractivity contribution in [2.75, 3.05) is 20.3 Å². The van der Waals surface area contributed by atoms with Crippen LogP contribution in [0.15, 0.2) is 24.3 Å². The molecule has 0 spiro atoms. The minimum absolute atomic E-state index is 0.0638. The Balaban J connectivity index is 2.36. The molecule has 1 aromatic rings. The van der Waals surface area contributed by atoms with Gasteiger partial charge in [0.25, 0.3) is 0 Å². The van der Waals surface area contributed by atoms with Crippen LogP contribution < -0.4 is 14.8 Å². The van der Waals surface area contributed by atoms with E-state index in [0.717, 1.165) is 0 Å². The zero-order valence-electron chi connectivity index (χ0n) is 10.8. The first-order valence-corrected chi connectivity index (χ1v) is 6.47. The van der Waals surface area contributed by atoms with Crippen molar-refractivity contribution in [3.8, 4) is 11.5 Å². The highest BCUT2D eigenvalue weighted by molar-refractivity contribution is 9.10. The van der Waals surface area contributed by atoms with Crippen LogP contribution in [0.1, 0.15) is 13.8 Å². The molecule has 1 amide bonds. The van der Waals surface area contributed by atoms with Crippen molar-refractivity contribution in [3.63, 3.8) is 0 Å². The number of amides is 1. The average Bonchev–Trinajstić information content (AvgIpc) is 2.33. The minimum atomic E-state index is -0.558. The van der Waals surface area contributed by atoms with Gasteiger partial charge < -0.3 is 14.8 Å². The van der Waals surface area contributed by atoms with Crippen LogP contribution in [0.25, 0.3) is 0 Å². The Bertz CT molecular complexity index is 401. The van der Waals surface area contributed by atoms with Crippen molar-refractivity contribution >= 4 is 21.8 Å². The fraction of sp³-hybridized carbons (Fsp3) is 0.462. The Morgan fingerprint density at radius 2 is 1.94 bits per heavy atom. The van der Waals surface area contributed by atoms with E-state index >= 15 is 0 Å². The Kier molecular flexibility index (Phi) is 5.47. The Labute approximate surface area is 116 Å². The number of benzene rings is 1. The van der Waals surface area contributed by atoms with Crippen molar-refractivity contribution in [1.29, 1.82) is 0 Å². The van der Waals surface area contributed by atoms with Crippen LogP contribution in [0.5, 0.6) is 11.5 Å². The lowest BCUT2D eigenvalue weighted by Gasteiger charge is -2.16. The van der Waals surface area contributed by atoms with Gasteiger partial charge in [-0.25, -0.2) is 0 Å². The van der Waals surface area contributed by atoms with E-state index in [1.807, 2.05) is 24.3 Å². The summed E-state index contributed by atoms with van der Waals surface area (Å²) >= 11 is 3.29. The van der Waals surface area contributed by atoms with Crippen molar-refractivity contribution in [2.24, 2.45) is 0 Å². The molecule has 18 heavy (non-hydrogen) atoms. The quantitative estimate of drug-likeness (QED) is 0.647. The second-order valence-corrected chi connectivity index (χ2v) is 6.21. The summed E-state index contributed by atoms with van der Waals surface area (Å²) in [4.78, 5) is 11.6. The summed E-state index contributed by atoms with van der Waals surface area (Å²) < 4.78 is 10.1. The van der Waals surface area contributed by atoms with Crippen LogP contribution in [0.3, 0.4) is 0 Å². The third kappa shape index (κ3) is 4.56. The maximum atomic E-state index is 11.6. The molecule has 0 aromatic heterocycles. The van der Waals surface area contributed by atoms with E-state index in [2.05, 4.69) is 21.2 Å². The second-order valence-electron chi connectivity index (χ2n) is 4.23. The van der Waals surface area contributed by atoms with Gasteiger partial charge in [-0.2, -0.15) is 0 Å². The maximum Gasteiger partial charge on any atom is 0.236 e. The number of alkyl halides is 1. The van der Waals surface area contributed by atoms with Gasteiger partial charge in [-0.15, -0.1) is 0 Å². The summed E-state index contributed by atoms with van der Waals surface area (Å²) in [6, 6.07) is 7.41. The number of halogens is 1. The van der Waals surface area contributed by atoms with Crippen LogP contribution in [0, 0.1) is 0 Å². The molecule has 1 rings (SSSR count). The molecule has 1 aromatic carbocycles. The van der Waals surface area contributed by atoms with E-state index < -0.39 is 4.32 Å². The molecule has 0 aliphatic heterocycles. The van der Waals surface area contributed by atoms with Crippen molar-refractivity contribution < 1.29 is 14.3 Å². The maximum absolute atomic E-state index is 11.6. The molecular weight excluding hydrogens is 298 g/mol. The van der Waals surface area contributed by atoms with E-state index in [1.165, 1.54) is 0 Å².